The molecule has 1 aromatic carbocycles. The van der Waals surface area contributed by atoms with Crippen LogP contribution in [0.2, 0.25) is 0 Å². The van der Waals surface area contributed by atoms with Crippen LogP contribution in [0.3, 0.4) is 0 Å². The summed E-state index contributed by atoms with van der Waals surface area (Å²) < 4.78 is 32.1. The Morgan fingerprint density at radius 3 is 2.56 bits per heavy atom. The number of ether oxygens (including phenoxy) is 1. The Balaban J connectivity index is 2.21. The Kier molecular flexibility index (Phi) is 6.21. The first-order valence-electron chi connectivity index (χ1n) is 8.31. The van der Waals surface area contributed by atoms with Crippen molar-refractivity contribution >= 4 is 15.9 Å². The molecule has 0 atom stereocenters. The minimum absolute atomic E-state index is 0.131. The highest BCUT2D eigenvalue weighted by Crippen LogP contribution is 2.20. The largest absolute Gasteiger partial charge is 0.379 e. The van der Waals surface area contributed by atoms with Crippen LogP contribution in [0.15, 0.2) is 29.2 Å². The van der Waals surface area contributed by atoms with Gasteiger partial charge in [-0.15, -0.1) is 0 Å². The molecule has 0 unspecified atom stereocenters. The maximum absolute atomic E-state index is 12.7. The lowest BCUT2D eigenvalue weighted by Gasteiger charge is -2.29. The molecule has 0 aliphatic carbocycles. The highest BCUT2D eigenvalue weighted by atomic mass is 32.2. The molecule has 1 amide bonds. The van der Waals surface area contributed by atoms with Crippen LogP contribution in [0.4, 0.5) is 0 Å². The molecule has 0 aromatic heterocycles. The average Bonchev–Trinajstić information content (AvgIpc) is 2.61. The predicted molar refractivity (Wildman–Crippen MR) is 95.8 cm³/mol. The lowest BCUT2D eigenvalue weighted by molar-refractivity contribution is 0.0728. The van der Waals surface area contributed by atoms with Crippen molar-refractivity contribution in [2.24, 2.45) is 11.1 Å². The summed E-state index contributed by atoms with van der Waals surface area (Å²) in [4.78, 5) is 14.4. The number of amides is 1. The van der Waals surface area contributed by atoms with Crippen molar-refractivity contribution in [2.75, 3.05) is 46.4 Å². The van der Waals surface area contributed by atoms with E-state index in [-0.39, 0.29) is 16.2 Å². The van der Waals surface area contributed by atoms with Crippen molar-refractivity contribution in [3.63, 3.8) is 0 Å². The zero-order valence-electron chi connectivity index (χ0n) is 15.1. The second kappa shape index (κ2) is 7.82. The molecule has 8 heteroatoms. The molecule has 2 rings (SSSR count). The maximum Gasteiger partial charge on any atom is 0.253 e. The Hall–Kier alpha value is -1.48. The van der Waals surface area contributed by atoms with Gasteiger partial charge in [-0.25, -0.2) is 8.42 Å². The van der Waals surface area contributed by atoms with E-state index in [1.807, 2.05) is 13.8 Å². The summed E-state index contributed by atoms with van der Waals surface area (Å²) in [6.07, 6.45) is 0. The van der Waals surface area contributed by atoms with Gasteiger partial charge in [-0.2, -0.15) is 4.31 Å². The van der Waals surface area contributed by atoms with Crippen molar-refractivity contribution in [1.82, 2.24) is 9.21 Å². The molecule has 0 spiro atoms. The monoisotopic (exact) mass is 369 g/mol. The van der Waals surface area contributed by atoms with Gasteiger partial charge in [-0.1, -0.05) is 19.9 Å². The van der Waals surface area contributed by atoms with Gasteiger partial charge < -0.3 is 15.4 Å². The lowest BCUT2D eigenvalue weighted by atomic mass is 9.93. The minimum Gasteiger partial charge on any atom is -0.379 e. The molecule has 0 bridgehead atoms. The topological polar surface area (TPSA) is 92.9 Å². The van der Waals surface area contributed by atoms with Crippen molar-refractivity contribution in [1.29, 1.82) is 0 Å². The smallest absolute Gasteiger partial charge is 0.253 e. The van der Waals surface area contributed by atoms with E-state index in [1.54, 1.807) is 24.1 Å². The molecule has 1 aromatic rings. The third kappa shape index (κ3) is 4.78. The summed E-state index contributed by atoms with van der Waals surface area (Å²) in [6.45, 7) is 6.32. The van der Waals surface area contributed by atoms with Gasteiger partial charge in [0.15, 0.2) is 0 Å². The highest BCUT2D eigenvalue weighted by molar-refractivity contribution is 7.89. The normalized spacial score (nSPS) is 16.6. The van der Waals surface area contributed by atoms with Gasteiger partial charge in [0.1, 0.15) is 0 Å². The zero-order chi connectivity index (χ0) is 18.7. The third-order valence-corrected chi connectivity index (χ3v) is 6.15. The molecule has 0 saturated carbocycles. The number of nitrogens with zero attached hydrogens (tertiary/aromatic N) is 2. The van der Waals surface area contributed by atoms with Crippen LogP contribution in [-0.2, 0) is 14.8 Å². The Labute approximate surface area is 149 Å². The van der Waals surface area contributed by atoms with Gasteiger partial charge in [0, 0.05) is 32.2 Å². The van der Waals surface area contributed by atoms with Crippen LogP contribution in [0.5, 0.6) is 0 Å². The number of hydrogen-bond acceptors (Lipinski definition) is 5. The van der Waals surface area contributed by atoms with Crippen LogP contribution in [0.1, 0.15) is 24.2 Å². The number of sulfonamides is 1. The summed E-state index contributed by atoms with van der Waals surface area (Å²) in [5.41, 5.74) is 5.87. The van der Waals surface area contributed by atoms with Gasteiger partial charge in [0.05, 0.1) is 18.1 Å². The lowest BCUT2D eigenvalue weighted by Crippen LogP contribution is -2.41. The number of carbonyl (C=O) groups is 1. The maximum atomic E-state index is 12.7. The fraction of sp³-hybridized carbons (Fsp3) is 0.588. The third-order valence-electron chi connectivity index (χ3n) is 4.25. The Morgan fingerprint density at radius 1 is 1.32 bits per heavy atom. The first-order valence-corrected chi connectivity index (χ1v) is 9.75. The minimum atomic E-state index is -3.62. The van der Waals surface area contributed by atoms with Crippen LogP contribution in [0.25, 0.3) is 0 Å². The predicted octanol–water partition coefficient (Wildman–Crippen LogP) is 0.764. The molecular formula is C17H27N3O4S. The number of benzene rings is 1. The summed E-state index contributed by atoms with van der Waals surface area (Å²) in [5, 5.41) is 0. The average molecular weight is 369 g/mol. The van der Waals surface area contributed by atoms with E-state index in [1.165, 1.54) is 16.4 Å². The fourth-order valence-corrected chi connectivity index (χ4v) is 4.18. The second-order valence-corrected chi connectivity index (χ2v) is 9.01. The molecule has 25 heavy (non-hydrogen) atoms. The zero-order valence-corrected chi connectivity index (χ0v) is 15.9. The standard InChI is InChI=1S/C17H27N3O4S/c1-17(2,12-18)13-19(3)16(21)14-5-4-6-15(11-14)25(22,23)20-7-9-24-10-8-20/h4-6,11H,7-10,12-13,18H2,1-3H3. The first kappa shape index (κ1) is 19.8. The molecule has 2 N–H and O–H groups in total. The van der Waals surface area contributed by atoms with Gasteiger partial charge in [-0.3, -0.25) is 4.79 Å². The molecule has 140 valence electrons. The summed E-state index contributed by atoms with van der Waals surface area (Å²) in [6, 6.07) is 6.19. The fourth-order valence-electron chi connectivity index (χ4n) is 2.72. The van der Waals surface area contributed by atoms with E-state index in [0.717, 1.165) is 0 Å². The molecule has 1 aliphatic heterocycles. The van der Waals surface area contributed by atoms with Gasteiger partial charge >= 0.3 is 0 Å². The molecule has 1 saturated heterocycles. The van der Waals surface area contributed by atoms with E-state index >= 15 is 0 Å². The number of hydrogen-bond donors (Lipinski definition) is 1. The van der Waals surface area contributed by atoms with Crippen molar-refractivity contribution in [2.45, 2.75) is 18.7 Å². The van der Waals surface area contributed by atoms with E-state index in [0.29, 0.717) is 45.0 Å². The number of nitrogens with two attached hydrogens (primary N) is 1. The van der Waals surface area contributed by atoms with Crippen LogP contribution in [-0.4, -0.2) is 70.0 Å². The van der Waals surface area contributed by atoms with Crippen molar-refractivity contribution < 1.29 is 17.9 Å². The van der Waals surface area contributed by atoms with E-state index in [4.69, 9.17) is 10.5 Å². The summed E-state index contributed by atoms with van der Waals surface area (Å²) >= 11 is 0. The number of morpholine rings is 1. The van der Waals surface area contributed by atoms with Crippen LogP contribution < -0.4 is 5.73 Å². The Bertz CT molecular complexity index is 712. The molecule has 1 fully saturated rings. The number of carbonyl (C=O) groups excluding carboxylic acids is 1. The Morgan fingerprint density at radius 2 is 1.96 bits per heavy atom. The number of rotatable bonds is 6. The van der Waals surface area contributed by atoms with Gasteiger partial charge in [-0.05, 0) is 30.2 Å². The van der Waals surface area contributed by atoms with E-state index in [2.05, 4.69) is 0 Å². The molecule has 1 heterocycles. The summed E-state index contributed by atoms with van der Waals surface area (Å²) in [7, 11) is -1.92. The van der Waals surface area contributed by atoms with Gasteiger partial charge in [0.25, 0.3) is 5.91 Å². The van der Waals surface area contributed by atoms with Crippen LogP contribution >= 0.6 is 0 Å². The van der Waals surface area contributed by atoms with E-state index in [9.17, 15) is 13.2 Å². The quantitative estimate of drug-likeness (QED) is 0.799. The molecule has 0 radical (unpaired) electrons. The highest BCUT2D eigenvalue weighted by Gasteiger charge is 2.28. The van der Waals surface area contributed by atoms with E-state index < -0.39 is 10.0 Å². The second-order valence-electron chi connectivity index (χ2n) is 7.07. The molecule has 1 aliphatic rings. The summed E-state index contributed by atoms with van der Waals surface area (Å²) in [5.74, 6) is -0.222. The molecule has 7 nitrogen and oxygen atoms in total. The first-order chi connectivity index (χ1) is 11.7. The SMILES string of the molecule is CN(CC(C)(C)CN)C(=O)c1cccc(S(=O)(=O)N2CCOCC2)c1. The molecular weight excluding hydrogens is 342 g/mol. The van der Waals surface area contributed by atoms with Crippen molar-refractivity contribution in [3.8, 4) is 0 Å². The van der Waals surface area contributed by atoms with Gasteiger partial charge in [0.2, 0.25) is 10.0 Å². The van der Waals surface area contributed by atoms with Crippen molar-refractivity contribution in [3.05, 3.63) is 29.8 Å². The van der Waals surface area contributed by atoms with Crippen LogP contribution in [0, 0.1) is 5.41 Å².